The maximum Gasteiger partial charge on any atom is 0.306 e. The van der Waals surface area contributed by atoms with Gasteiger partial charge in [-0.3, -0.25) is 9.69 Å². The minimum Gasteiger partial charge on any atom is -0.466 e. The molecule has 0 N–H and O–H groups in total. The van der Waals surface area contributed by atoms with E-state index < -0.39 is 0 Å². The summed E-state index contributed by atoms with van der Waals surface area (Å²) in [6.07, 6.45) is 0.529. The molecule has 0 atom stereocenters. The fraction of sp³-hybridized carbons (Fsp3) is 0.909. The number of thioether (sulfide) groups is 1. The molecule has 0 aromatic heterocycles. The quantitative estimate of drug-likeness (QED) is 0.496. The fourth-order valence-electron chi connectivity index (χ4n) is 1.51. The summed E-state index contributed by atoms with van der Waals surface area (Å²) in [6, 6.07) is 0. The maximum absolute atomic E-state index is 11.0. The third-order valence-corrected chi connectivity index (χ3v) is 3.38. The zero-order chi connectivity index (χ0) is 11.6. The summed E-state index contributed by atoms with van der Waals surface area (Å²) in [5.74, 6) is 1.86. The first-order chi connectivity index (χ1) is 7.83. The van der Waals surface area contributed by atoms with Crippen molar-refractivity contribution in [3.05, 3.63) is 0 Å². The summed E-state index contributed by atoms with van der Waals surface area (Å²) in [5.41, 5.74) is 0. The van der Waals surface area contributed by atoms with Crippen molar-refractivity contribution in [2.24, 2.45) is 0 Å². The zero-order valence-electron chi connectivity index (χ0n) is 9.94. The largest absolute Gasteiger partial charge is 0.466 e. The van der Waals surface area contributed by atoms with E-state index in [-0.39, 0.29) is 5.97 Å². The monoisotopic (exact) mass is 247 g/mol. The van der Waals surface area contributed by atoms with Crippen molar-refractivity contribution in [3.63, 3.8) is 0 Å². The molecule has 0 aromatic rings. The Kier molecular flexibility index (Phi) is 7.63. The first-order valence-electron chi connectivity index (χ1n) is 5.86. The summed E-state index contributed by atoms with van der Waals surface area (Å²) in [7, 11) is 0. The number of hydrogen-bond acceptors (Lipinski definition) is 5. The Bertz CT molecular complexity index is 196. The van der Waals surface area contributed by atoms with Crippen molar-refractivity contribution in [2.45, 2.75) is 13.3 Å². The van der Waals surface area contributed by atoms with Crippen LogP contribution >= 0.6 is 11.8 Å². The number of hydrogen-bond donors (Lipinski definition) is 0. The molecule has 0 spiro atoms. The van der Waals surface area contributed by atoms with Gasteiger partial charge in [-0.1, -0.05) is 0 Å². The molecule has 1 aliphatic rings. The van der Waals surface area contributed by atoms with E-state index in [0.29, 0.717) is 13.0 Å². The molecule has 94 valence electrons. The van der Waals surface area contributed by atoms with Gasteiger partial charge in [0.15, 0.2) is 0 Å². The highest BCUT2D eigenvalue weighted by Gasteiger charge is 2.09. The van der Waals surface area contributed by atoms with Crippen LogP contribution in [-0.2, 0) is 14.3 Å². The van der Waals surface area contributed by atoms with E-state index >= 15 is 0 Å². The number of rotatable bonds is 7. The molecule has 4 nitrogen and oxygen atoms in total. The lowest BCUT2D eigenvalue weighted by Gasteiger charge is -2.26. The summed E-state index contributed by atoms with van der Waals surface area (Å²) in [6.45, 7) is 7.20. The highest BCUT2D eigenvalue weighted by atomic mass is 32.2. The molecule has 0 aliphatic carbocycles. The zero-order valence-corrected chi connectivity index (χ0v) is 10.8. The second kappa shape index (κ2) is 8.84. The smallest absolute Gasteiger partial charge is 0.306 e. The van der Waals surface area contributed by atoms with Gasteiger partial charge in [-0.25, -0.2) is 0 Å². The molecule has 0 aromatic carbocycles. The standard InChI is InChI=1S/C11H21NO3S/c1-2-15-11(13)3-9-16-10-6-12-4-7-14-8-5-12/h2-10H2,1H3. The molecular formula is C11H21NO3S. The van der Waals surface area contributed by atoms with Crippen molar-refractivity contribution in [1.29, 1.82) is 0 Å². The van der Waals surface area contributed by atoms with Crippen LogP contribution in [0.1, 0.15) is 13.3 Å². The molecule has 0 unspecified atom stereocenters. The normalized spacial score (nSPS) is 17.3. The van der Waals surface area contributed by atoms with Crippen LogP contribution in [0.3, 0.4) is 0 Å². The van der Waals surface area contributed by atoms with Gasteiger partial charge in [0, 0.05) is 31.1 Å². The molecule has 0 bridgehead atoms. The van der Waals surface area contributed by atoms with Gasteiger partial charge in [0.25, 0.3) is 0 Å². The highest BCUT2D eigenvalue weighted by Crippen LogP contribution is 2.05. The topological polar surface area (TPSA) is 38.8 Å². The van der Waals surface area contributed by atoms with Crippen molar-refractivity contribution in [3.8, 4) is 0 Å². The number of ether oxygens (including phenoxy) is 2. The lowest BCUT2D eigenvalue weighted by Crippen LogP contribution is -2.37. The van der Waals surface area contributed by atoms with Gasteiger partial charge < -0.3 is 9.47 Å². The van der Waals surface area contributed by atoms with E-state index in [1.807, 2.05) is 18.7 Å². The van der Waals surface area contributed by atoms with Gasteiger partial charge in [0.05, 0.1) is 26.2 Å². The van der Waals surface area contributed by atoms with Gasteiger partial charge in [-0.2, -0.15) is 11.8 Å². The predicted octanol–water partition coefficient (Wildman–Crippen LogP) is 1.00. The van der Waals surface area contributed by atoms with Gasteiger partial charge in [-0.15, -0.1) is 0 Å². The second-order valence-electron chi connectivity index (χ2n) is 3.62. The van der Waals surface area contributed by atoms with E-state index in [1.54, 1.807) is 0 Å². The van der Waals surface area contributed by atoms with E-state index in [4.69, 9.17) is 9.47 Å². The molecular weight excluding hydrogens is 226 g/mol. The van der Waals surface area contributed by atoms with Crippen molar-refractivity contribution in [2.75, 3.05) is 51.0 Å². The minimum atomic E-state index is -0.0821. The van der Waals surface area contributed by atoms with E-state index in [1.165, 1.54) is 0 Å². The van der Waals surface area contributed by atoms with Gasteiger partial charge >= 0.3 is 5.97 Å². The number of carbonyl (C=O) groups excluding carboxylic acids is 1. The average Bonchev–Trinajstić information content (AvgIpc) is 2.30. The van der Waals surface area contributed by atoms with Crippen LogP contribution in [0.5, 0.6) is 0 Å². The van der Waals surface area contributed by atoms with Crippen molar-refractivity contribution < 1.29 is 14.3 Å². The maximum atomic E-state index is 11.0. The van der Waals surface area contributed by atoms with Crippen LogP contribution in [0.4, 0.5) is 0 Å². The second-order valence-corrected chi connectivity index (χ2v) is 4.85. The number of nitrogens with zero attached hydrogens (tertiary/aromatic N) is 1. The summed E-state index contributed by atoms with van der Waals surface area (Å²) >= 11 is 1.82. The van der Waals surface area contributed by atoms with Gasteiger partial charge in [-0.05, 0) is 6.92 Å². The van der Waals surface area contributed by atoms with Crippen LogP contribution in [0.25, 0.3) is 0 Å². The Morgan fingerprint density at radius 2 is 2.12 bits per heavy atom. The molecule has 1 rings (SSSR count). The summed E-state index contributed by atoms with van der Waals surface area (Å²) in [5, 5.41) is 0. The Morgan fingerprint density at radius 3 is 2.81 bits per heavy atom. The molecule has 1 saturated heterocycles. The van der Waals surface area contributed by atoms with E-state index in [0.717, 1.165) is 44.4 Å². The third kappa shape index (κ3) is 6.35. The number of morpholine rings is 1. The SMILES string of the molecule is CCOC(=O)CCSCCN1CCOCC1. The fourth-order valence-corrected chi connectivity index (χ4v) is 2.41. The van der Waals surface area contributed by atoms with Crippen LogP contribution in [-0.4, -0.2) is 61.8 Å². The van der Waals surface area contributed by atoms with E-state index in [2.05, 4.69) is 4.90 Å². The molecule has 0 amide bonds. The molecule has 1 fully saturated rings. The summed E-state index contributed by atoms with van der Waals surface area (Å²) < 4.78 is 10.1. The molecule has 0 radical (unpaired) electrons. The van der Waals surface area contributed by atoms with Crippen molar-refractivity contribution >= 4 is 17.7 Å². The molecule has 5 heteroatoms. The van der Waals surface area contributed by atoms with Crippen LogP contribution in [0, 0.1) is 0 Å². The lowest BCUT2D eigenvalue weighted by atomic mass is 10.4. The van der Waals surface area contributed by atoms with Gasteiger partial charge in [0.1, 0.15) is 0 Å². The number of carbonyl (C=O) groups is 1. The van der Waals surface area contributed by atoms with E-state index in [9.17, 15) is 4.79 Å². The molecule has 1 aliphatic heterocycles. The Hall–Kier alpha value is -0.260. The third-order valence-electron chi connectivity index (χ3n) is 2.41. The van der Waals surface area contributed by atoms with Crippen molar-refractivity contribution in [1.82, 2.24) is 4.90 Å². The number of esters is 1. The molecule has 1 heterocycles. The molecule has 16 heavy (non-hydrogen) atoms. The highest BCUT2D eigenvalue weighted by molar-refractivity contribution is 7.99. The average molecular weight is 247 g/mol. The first kappa shape index (κ1) is 13.8. The summed E-state index contributed by atoms with van der Waals surface area (Å²) in [4.78, 5) is 13.4. The Labute approximate surface area is 102 Å². The first-order valence-corrected chi connectivity index (χ1v) is 7.02. The van der Waals surface area contributed by atoms with Crippen LogP contribution < -0.4 is 0 Å². The molecule has 0 saturated carbocycles. The predicted molar refractivity (Wildman–Crippen MR) is 65.8 cm³/mol. The van der Waals surface area contributed by atoms with Gasteiger partial charge in [0.2, 0.25) is 0 Å². The lowest BCUT2D eigenvalue weighted by molar-refractivity contribution is -0.142. The van der Waals surface area contributed by atoms with Crippen LogP contribution in [0.15, 0.2) is 0 Å². The Morgan fingerprint density at radius 1 is 1.38 bits per heavy atom. The van der Waals surface area contributed by atoms with Crippen LogP contribution in [0.2, 0.25) is 0 Å². The minimum absolute atomic E-state index is 0.0821. The Balaban J connectivity index is 1.89.